The number of hydrogen-bond donors (Lipinski definition) is 0. The summed E-state index contributed by atoms with van der Waals surface area (Å²) in [6, 6.07) is 0. The van der Waals surface area contributed by atoms with Crippen LogP contribution in [0.1, 0.15) is 6.92 Å². The molecule has 3 nitrogen and oxygen atoms in total. The van der Waals surface area contributed by atoms with E-state index in [0.29, 0.717) is 0 Å². The quantitative estimate of drug-likeness (QED) is 0.475. The van der Waals surface area contributed by atoms with E-state index in [1.54, 1.807) is 0 Å². The SMILES string of the molecule is COP(=O)(OC)C(C)=S. The molecule has 54 valence electrons. The third-order valence-electron chi connectivity index (χ3n) is 0.866. The lowest BCUT2D eigenvalue weighted by molar-refractivity contribution is 0.291. The minimum atomic E-state index is -3.02. The maximum atomic E-state index is 11.1. The smallest absolute Gasteiger partial charge is 0.308 e. The summed E-state index contributed by atoms with van der Waals surface area (Å²) in [6.07, 6.45) is 0. The Hall–Kier alpha value is 0.240. The van der Waals surface area contributed by atoms with Crippen molar-refractivity contribution in [3.8, 4) is 0 Å². The third-order valence-corrected chi connectivity index (χ3v) is 3.27. The number of rotatable bonds is 3. The van der Waals surface area contributed by atoms with E-state index in [0.717, 1.165) is 0 Å². The highest BCUT2D eigenvalue weighted by atomic mass is 32.1. The molecule has 0 aromatic carbocycles. The van der Waals surface area contributed by atoms with Crippen molar-refractivity contribution in [2.24, 2.45) is 0 Å². The Bertz CT molecular complexity index is 148. The highest BCUT2D eigenvalue weighted by Crippen LogP contribution is 2.47. The first-order chi connectivity index (χ1) is 4.06. The highest BCUT2D eigenvalue weighted by Gasteiger charge is 2.22. The summed E-state index contributed by atoms with van der Waals surface area (Å²) in [6.45, 7) is 1.53. The van der Waals surface area contributed by atoms with Crippen molar-refractivity contribution in [3.05, 3.63) is 0 Å². The van der Waals surface area contributed by atoms with E-state index >= 15 is 0 Å². The van der Waals surface area contributed by atoms with Gasteiger partial charge in [0.1, 0.15) is 4.61 Å². The molecule has 0 unspecified atom stereocenters. The van der Waals surface area contributed by atoms with Crippen molar-refractivity contribution in [1.82, 2.24) is 0 Å². The standard InChI is InChI=1S/C4H9O3PS/c1-4(9)8(5,6-2)7-3/h1-3H3. The van der Waals surface area contributed by atoms with Gasteiger partial charge in [-0.15, -0.1) is 0 Å². The summed E-state index contributed by atoms with van der Waals surface area (Å²) in [5.41, 5.74) is 0. The molecule has 0 saturated carbocycles. The van der Waals surface area contributed by atoms with E-state index in [2.05, 4.69) is 21.3 Å². The molecule has 0 aliphatic heterocycles. The maximum Gasteiger partial charge on any atom is 0.367 e. The van der Waals surface area contributed by atoms with Crippen LogP contribution < -0.4 is 0 Å². The van der Waals surface area contributed by atoms with Crippen LogP contribution in [0.4, 0.5) is 0 Å². The normalized spacial score (nSPS) is 11.4. The molecule has 0 heterocycles. The van der Waals surface area contributed by atoms with Gasteiger partial charge in [-0.25, -0.2) is 0 Å². The van der Waals surface area contributed by atoms with Crippen LogP contribution in [0.2, 0.25) is 0 Å². The zero-order chi connectivity index (χ0) is 7.49. The van der Waals surface area contributed by atoms with Gasteiger partial charge in [0.25, 0.3) is 0 Å². The molecule has 0 radical (unpaired) electrons. The predicted octanol–water partition coefficient (Wildman–Crippen LogP) is 1.82. The molecule has 0 fully saturated rings. The second kappa shape index (κ2) is 3.42. The van der Waals surface area contributed by atoms with Crippen LogP contribution in [0.5, 0.6) is 0 Å². The monoisotopic (exact) mass is 168 g/mol. The van der Waals surface area contributed by atoms with E-state index in [1.807, 2.05) is 0 Å². The Labute approximate surface area is 59.9 Å². The molecule has 5 heteroatoms. The van der Waals surface area contributed by atoms with E-state index < -0.39 is 7.60 Å². The fourth-order valence-electron chi connectivity index (χ4n) is 0.332. The topological polar surface area (TPSA) is 35.5 Å². The van der Waals surface area contributed by atoms with Gasteiger partial charge in [0.2, 0.25) is 0 Å². The second-order valence-electron chi connectivity index (χ2n) is 1.38. The van der Waals surface area contributed by atoms with Crippen LogP contribution >= 0.6 is 19.8 Å². The van der Waals surface area contributed by atoms with Gasteiger partial charge >= 0.3 is 7.60 Å². The minimum absolute atomic E-state index is 0.257. The van der Waals surface area contributed by atoms with E-state index in [9.17, 15) is 4.57 Å². The Morgan fingerprint density at radius 1 is 1.44 bits per heavy atom. The van der Waals surface area contributed by atoms with Crippen LogP contribution in [0.3, 0.4) is 0 Å². The molecule has 0 saturated heterocycles. The van der Waals surface area contributed by atoms with Gasteiger partial charge in [-0.2, -0.15) is 0 Å². The van der Waals surface area contributed by atoms with Gasteiger partial charge in [0.15, 0.2) is 0 Å². The number of thiocarbonyl (C=S) groups is 1. The molecule has 0 rings (SSSR count). The van der Waals surface area contributed by atoms with Crippen molar-refractivity contribution in [1.29, 1.82) is 0 Å². The highest BCUT2D eigenvalue weighted by molar-refractivity contribution is 7.97. The van der Waals surface area contributed by atoms with Crippen molar-refractivity contribution >= 4 is 24.4 Å². The average Bonchev–Trinajstić information content (AvgIpc) is 1.86. The average molecular weight is 168 g/mol. The minimum Gasteiger partial charge on any atom is -0.308 e. The molecule has 0 atom stereocenters. The van der Waals surface area contributed by atoms with Crippen molar-refractivity contribution in [2.45, 2.75) is 6.92 Å². The van der Waals surface area contributed by atoms with Crippen molar-refractivity contribution in [2.75, 3.05) is 14.2 Å². The summed E-state index contributed by atoms with van der Waals surface area (Å²) < 4.78 is 20.4. The molecule has 0 spiro atoms. The largest absolute Gasteiger partial charge is 0.367 e. The first-order valence-corrected chi connectivity index (χ1v) is 4.24. The van der Waals surface area contributed by atoms with E-state index in [-0.39, 0.29) is 4.61 Å². The zero-order valence-corrected chi connectivity index (χ0v) is 7.29. The molecule has 0 amide bonds. The summed E-state index contributed by atoms with van der Waals surface area (Å²) in [7, 11) is -0.410. The third kappa shape index (κ3) is 2.14. The lowest BCUT2D eigenvalue weighted by atomic mass is 11.0. The van der Waals surface area contributed by atoms with Gasteiger partial charge in [-0.1, -0.05) is 12.2 Å². The molecule has 0 N–H and O–H groups in total. The molecule has 0 aliphatic rings. The van der Waals surface area contributed by atoms with Gasteiger partial charge < -0.3 is 9.05 Å². The molecule has 0 bridgehead atoms. The van der Waals surface area contributed by atoms with Crippen LogP contribution in [0.15, 0.2) is 0 Å². The summed E-state index contributed by atoms with van der Waals surface area (Å²) in [5.74, 6) is 0. The first-order valence-electron chi connectivity index (χ1n) is 2.29. The number of hydrogen-bond acceptors (Lipinski definition) is 4. The predicted molar refractivity (Wildman–Crippen MR) is 39.9 cm³/mol. The van der Waals surface area contributed by atoms with Crippen LogP contribution in [-0.4, -0.2) is 18.8 Å². The molecule has 0 aromatic heterocycles. The Kier molecular flexibility index (Phi) is 3.51. The second-order valence-corrected chi connectivity index (χ2v) is 4.69. The summed E-state index contributed by atoms with van der Waals surface area (Å²) in [4.78, 5) is 0. The molecular formula is C4H9O3PS. The summed E-state index contributed by atoms with van der Waals surface area (Å²) >= 11 is 4.62. The first kappa shape index (κ1) is 9.24. The Morgan fingerprint density at radius 2 is 1.78 bits per heavy atom. The van der Waals surface area contributed by atoms with E-state index in [1.165, 1.54) is 21.1 Å². The van der Waals surface area contributed by atoms with Crippen molar-refractivity contribution in [3.63, 3.8) is 0 Å². The van der Waals surface area contributed by atoms with Crippen molar-refractivity contribution < 1.29 is 13.6 Å². The molecule has 0 aliphatic carbocycles. The Morgan fingerprint density at radius 3 is 1.78 bits per heavy atom. The molecule has 9 heavy (non-hydrogen) atoms. The zero-order valence-electron chi connectivity index (χ0n) is 5.58. The van der Waals surface area contributed by atoms with Crippen LogP contribution in [0, 0.1) is 0 Å². The maximum absolute atomic E-state index is 11.1. The lowest BCUT2D eigenvalue weighted by Crippen LogP contribution is -1.95. The van der Waals surface area contributed by atoms with E-state index in [4.69, 9.17) is 0 Å². The Balaban J connectivity index is 4.30. The summed E-state index contributed by atoms with van der Waals surface area (Å²) in [5, 5.41) is 0. The van der Waals surface area contributed by atoms with Crippen LogP contribution in [-0.2, 0) is 13.6 Å². The fraction of sp³-hybridized carbons (Fsp3) is 0.750. The van der Waals surface area contributed by atoms with Gasteiger partial charge in [-0.3, -0.25) is 4.57 Å². The lowest BCUT2D eigenvalue weighted by Gasteiger charge is -2.10. The fourth-order valence-corrected chi connectivity index (χ4v) is 1.44. The van der Waals surface area contributed by atoms with Gasteiger partial charge in [-0.05, 0) is 6.92 Å². The molecule has 0 aromatic rings. The molecular weight excluding hydrogens is 159 g/mol. The van der Waals surface area contributed by atoms with Gasteiger partial charge in [0.05, 0.1) is 0 Å². The van der Waals surface area contributed by atoms with Crippen LogP contribution in [0.25, 0.3) is 0 Å². The van der Waals surface area contributed by atoms with Gasteiger partial charge in [0, 0.05) is 14.2 Å².